The smallest absolute Gasteiger partial charge is 0.255 e. The SMILES string of the molecule is COc1ccccc1C(=O)NCC(=O)N1CCN(c2cccc(Cl)c2)CC1. The lowest BCUT2D eigenvalue weighted by molar-refractivity contribution is -0.130. The number of methoxy groups -OCH3 is 1. The molecule has 1 saturated heterocycles. The lowest BCUT2D eigenvalue weighted by Gasteiger charge is -2.36. The Bertz CT molecular complexity index is 820. The van der Waals surface area contributed by atoms with Crippen LogP contribution in [0.15, 0.2) is 48.5 Å². The molecule has 0 saturated carbocycles. The van der Waals surface area contributed by atoms with Crippen molar-refractivity contribution in [2.45, 2.75) is 0 Å². The monoisotopic (exact) mass is 387 g/mol. The van der Waals surface area contributed by atoms with Crippen molar-refractivity contribution in [2.24, 2.45) is 0 Å². The van der Waals surface area contributed by atoms with Crippen LogP contribution in [0, 0.1) is 0 Å². The maximum atomic E-state index is 12.4. The van der Waals surface area contributed by atoms with Gasteiger partial charge in [-0.3, -0.25) is 9.59 Å². The zero-order valence-electron chi connectivity index (χ0n) is 15.2. The summed E-state index contributed by atoms with van der Waals surface area (Å²) < 4.78 is 5.18. The summed E-state index contributed by atoms with van der Waals surface area (Å²) in [6.45, 7) is 2.64. The highest BCUT2D eigenvalue weighted by Gasteiger charge is 2.22. The van der Waals surface area contributed by atoms with Gasteiger partial charge in [0.2, 0.25) is 5.91 Å². The fourth-order valence-electron chi connectivity index (χ4n) is 3.08. The van der Waals surface area contributed by atoms with E-state index in [1.54, 1.807) is 29.2 Å². The molecule has 27 heavy (non-hydrogen) atoms. The number of nitrogens with one attached hydrogen (secondary N) is 1. The minimum Gasteiger partial charge on any atom is -0.496 e. The molecule has 0 unspecified atom stereocenters. The van der Waals surface area contributed by atoms with Gasteiger partial charge in [0.15, 0.2) is 0 Å². The Kier molecular flexibility index (Phi) is 6.19. The Balaban J connectivity index is 1.50. The number of halogens is 1. The van der Waals surface area contributed by atoms with Crippen LogP contribution in [-0.2, 0) is 4.79 Å². The Morgan fingerprint density at radius 1 is 1.07 bits per heavy atom. The minimum absolute atomic E-state index is 0.0337. The molecule has 142 valence electrons. The summed E-state index contributed by atoms with van der Waals surface area (Å²) in [5.74, 6) is 0.0694. The van der Waals surface area contributed by atoms with Crippen LogP contribution in [0.3, 0.4) is 0 Å². The van der Waals surface area contributed by atoms with Gasteiger partial charge in [-0.05, 0) is 30.3 Å². The van der Waals surface area contributed by atoms with Gasteiger partial charge in [0.05, 0.1) is 19.2 Å². The van der Waals surface area contributed by atoms with Crippen molar-refractivity contribution < 1.29 is 14.3 Å². The van der Waals surface area contributed by atoms with Gasteiger partial charge >= 0.3 is 0 Å². The van der Waals surface area contributed by atoms with E-state index in [2.05, 4.69) is 10.2 Å². The van der Waals surface area contributed by atoms with Crippen LogP contribution in [-0.4, -0.2) is 56.5 Å². The summed E-state index contributed by atoms with van der Waals surface area (Å²) in [5, 5.41) is 3.38. The maximum Gasteiger partial charge on any atom is 0.255 e. The molecule has 7 heteroatoms. The van der Waals surface area contributed by atoms with Crippen LogP contribution < -0.4 is 15.0 Å². The third kappa shape index (κ3) is 4.71. The van der Waals surface area contributed by atoms with Crippen LogP contribution in [0.5, 0.6) is 5.75 Å². The molecule has 1 N–H and O–H groups in total. The van der Waals surface area contributed by atoms with Gasteiger partial charge in [-0.1, -0.05) is 29.8 Å². The number of anilines is 1. The van der Waals surface area contributed by atoms with Crippen molar-refractivity contribution in [2.75, 3.05) is 44.7 Å². The largest absolute Gasteiger partial charge is 0.496 e. The maximum absolute atomic E-state index is 12.4. The first-order valence-electron chi connectivity index (χ1n) is 8.78. The Hall–Kier alpha value is -2.73. The number of ether oxygens (including phenoxy) is 1. The van der Waals surface area contributed by atoms with E-state index in [4.69, 9.17) is 16.3 Å². The molecule has 2 aromatic rings. The standard InChI is InChI=1S/C20H22ClN3O3/c1-27-18-8-3-2-7-17(18)20(26)22-14-19(25)24-11-9-23(10-12-24)16-6-4-5-15(21)13-16/h2-8,13H,9-12,14H2,1H3,(H,22,26). The highest BCUT2D eigenvalue weighted by atomic mass is 35.5. The number of benzene rings is 2. The van der Waals surface area contributed by atoms with Crippen molar-refractivity contribution in [3.8, 4) is 5.75 Å². The molecule has 1 heterocycles. The summed E-state index contributed by atoms with van der Waals surface area (Å²) in [4.78, 5) is 28.7. The molecule has 0 bridgehead atoms. The van der Waals surface area contributed by atoms with Crippen LogP contribution in [0.1, 0.15) is 10.4 Å². The number of hydrogen-bond donors (Lipinski definition) is 1. The summed E-state index contributed by atoms with van der Waals surface area (Å²) in [5.41, 5.74) is 1.47. The van der Waals surface area contributed by atoms with Gasteiger partial charge in [-0.15, -0.1) is 0 Å². The van der Waals surface area contributed by atoms with Gasteiger partial charge in [0.1, 0.15) is 5.75 Å². The first kappa shape index (κ1) is 19.0. The Labute approximate surface area is 163 Å². The second kappa shape index (κ2) is 8.77. The number of carbonyl (C=O) groups excluding carboxylic acids is 2. The lowest BCUT2D eigenvalue weighted by Crippen LogP contribution is -2.51. The number of nitrogens with zero attached hydrogens (tertiary/aromatic N) is 2. The summed E-state index contributed by atoms with van der Waals surface area (Å²) in [6, 6.07) is 14.6. The summed E-state index contributed by atoms with van der Waals surface area (Å²) in [6.07, 6.45) is 0. The molecule has 0 aromatic heterocycles. The Morgan fingerprint density at radius 3 is 2.52 bits per heavy atom. The highest BCUT2D eigenvalue weighted by Crippen LogP contribution is 2.21. The van der Waals surface area contributed by atoms with Crippen LogP contribution in [0.2, 0.25) is 5.02 Å². The zero-order valence-corrected chi connectivity index (χ0v) is 15.9. The molecule has 0 spiro atoms. The van der Waals surface area contributed by atoms with E-state index in [0.717, 1.165) is 18.8 Å². The van der Waals surface area contributed by atoms with Crippen molar-refractivity contribution in [3.63, 3.8) is 0 Å². The van der Waals surface area contributed by atoms with E-state index in [1.165, 1.54) is 7.11 Å². The molecule has 2 aromatic carbocycles. The van der Waals surface area contributed by atoms with E-state index in [0.29, 0.717) is 29.4 Å². The molecule has 2 amide bonds. The van der Waals surface area contributed by atoms with E-state index in [9.17, 15) is 9.59 Å². The topological polar surface area (TPSA) is 61.9 Å². The number of rotatable bonds is 5. The molecule has 0 atom stereocenters. The first-order valence-corrected chi connectivity index (χ1v) is 9.16. The number of carbonyl (C=O) groups is 2. The summed E-state index contributed by atoms with van der Waals surface area (Å²) in [7, 11) is 1.51. The molecule has 1 aliphatic heterocycles. The van der Waals surface area contributed by atoms with Gasteiger partial charge in [0, 0.05) is 36.9 Å². The number of amides is 2. The molecular formula is C20H22ClN3O3. The molecule has 0 radical (unpaired) electrons. The fraction of sp³-hybridized carbons (Fsp3) is 0.300. The predicted octanol–water partition coefficient (Wildman–Crippen LogP) is 2.43. The quantitative estimate of drug-likeness (QED) is 0.856. The number of hydrogen-bond acceptors (Lipinski definition) is 4. The van der Waals surface area contributed by atoms with Gasteiger partial charge in [-0.2, -0.15) is 0 Å². The molecule has 3 rings (SSSR count). The second-order valence-electron chi connectivity index (χ2n) is 6.23. The number of para-hydroxylation sites is 1. The van der Waals surface area contributed by atoms with Gasteiger partial charge in [0.25, 0.3) is 5.91 Å². The minimum atomic E-state index is -0.321. The van der Waals surface area contributed by atoms with E-state index < -0.39 is 0 Å². The van der Waals surface area contributed by atoms with Crippen molar-refractivity contribution in [1.29, 1.82) is 0 Å². The molecule has 1 fully saturated rings. The van der Waals surface area contributed by atoms with E-state index in [-0.39, 0.29) is 18.4 Å². The van der Waals surface area contributed by atoms with Gasteiger partial charge in [-0.25, -0.2) is 0 Å². The van der Waals surface area contributed by atoms with E-state index in [1.807, 2.05) is 24.3 Å². The average Bonchev–Trinajstić information content (AvgIpc) is 2.71. The second-order valence-corrected chi connectivity index (χ2v) is 6.67. The van der Waals surface area contributed by atoms with Crippen molar-refractivity contribution >= 4 is 29.1 Å². The third-order valence-electron chi connectivity index (χ3n) is 4.56. The zero-order chi connectivity index (χ0) is 19.2. The Morgan fingerprint density at radius 2 is 1.81 bits per heavy atom. The molecular weight excluding hydrogens is 366 g/mol. The normalized spacial score (nSPS) is 14.0. The lowest BCUT2D eigenvalue weighted by atomic mass is 10.2. The van der Waals surface area contributed by atoms with Crippen molar-refractivity contribution in [3.05, 3.63) is 59.1 Å². The first-order chi connectivity index (χ1) is 13.1. The van der Waals surface area contributed by atoms with Gasteiger partial charge < -0.3 is 19.9 Å². The predicted molar refractivity (Wildman–Crippen MR) is 106 cm³/mol. The fourth-order valence-corrected chi connectivity index (χ4v) is 3.27. The van der Waals surface area contributed by atoms with Crippen molar-refractivity contribution in [1.82, 2.24) is 10.2 Å². The molecule has 1 aliphatic rings. The van der Waals surface area contributed by atoms with E-state index >= 15 is 0 Å². The summed E-state index contributed by atoms with van der Waals surface area (Å²) >= 11 is 6.05. The number of piperazine rings is 1. The van der Waals surface area contributed by atoms with Crippen LogP contribution >= 0.6 is 11.6 Å². The van der Waals surface area contributed by atoms with Crippen LogP contribution in [0.25, 0.3) is 0 Å². The highest BCUT2D eigenvalue weighted by molar-refractivity contribution is 6.30. The molecule has 6 nitrogen and oxygen atoms in total. The third-order valence-corrected chi connectivity index (χ3v) is 4.79. The average molecular weight is 388 g/mol. The molecule has 0 aliphatic carbocycles. The van der Waals surface area contributed by atoms with Crippen LogP contribution in [0.4, 0.5) is 5.69 Å².